The summed E-state index contributed by atoms with van der Waals surface area (Å²) in [7, 11) is 0. The van der Waals surface area contributed by atoms with Gasteiger partial charge in [-0.2, -0.15) is 0 Å². The van der Waals surface area contributed by atoms with Crippen LogP contribution in [0.1, 0.15) is 43.6 Å². The first-order chi connectivity index (χ1) is 6.93. The second kappa shape index (κ2) is 3.42. The number of fused-ring (bicyclic) bond motifs is 3. The quantitative estimate of drug-likeness (QED) is 0.622. The average molecular weight is 186 g/mol. The Balaban J connectivity index is 1.86. The van der Waals surface area contributed by atoms with Gasteiger partial charge in [0.2, 0.25) is 0 Å². The lowest BCUT2D eigenvalue weighted by molar-refractivity contribution is 0.145. The number of hydrogen-bond acceptors (Lipinski definition) is 0. The first kappa shape index (κ1) is 8.52. The van der Waals surface area contributed by atoms with Crippen LogP contribution in [0, 0.1) is 11.8 Å². The number of benzene rings is 1. The van der Waals surface area contributed by atoms with Crippen LogP contribution in [0.4, 0.5) is 0 Å². The smallest absolute Gasteiger partial charge is 0.0131 e. The van der Waals surface area contributed by atoms with Crippen LogP contribution in [0.15, 0.2) is 30.3 Å². The van der Waals surface area contributed by atoms with Gasteiger partial charge in [-0.15, -0.1) is 0 Å². The molecule has 74 valence electrons. The highest BCUT2D eigenvalue weighted by atomic mass is 14.4. The first-order valence-electron chi connectivity index (χ1n) is 5.98. The standard InChI is InChI=1S/C14H18/c1-2-4-12(5-3-1)14-10-11-6-8-13(14)9-7-11/h1-5,11,13-14H,6-10H2. The van der Waals surface area contributed by atoms with Crippen LogP contribution >= 0.6 is 0 Å². The Kier molecular flexibility index (Phi) is 2.08. The highest BCUT2D eigenvalue weighted by molar-refractivity contribution is 5.21. The highest BCUT2D eigenvalue weighted by Gasteiger charge is 2.35. The fraction of sp³-hybridized carbons (Fsp3) is 0.571. The Morgan fingerprint density at radius 3 is 2.14 bits per heavy atom. The van der Waals surface area contributed by atoms with Crippen molar-refractivity contribution in [2.75, 3.05) is 0 Å². The van der Waals surface area contributed by atoms with Crippen molar-refractivity contribution in [1.29, 1.82) is 0 Å². The Bertz CT molecular complexity index is 293. The van der Waals surface area contributed by atoms with E-state index in [9.17, 15) is 0 Å². The van der Waals surface area contributed by atoms with Crippen LogP contribution in [0.3, 0.4) is 0 Å². The molecule has 1 aromatic carbocycles. The minimum Gasteiger partial charge on any atom is -0.0622 e. The molecule has 0 heteroatoms. The van der Waals surface area contributed by atoms with E-state index in [4.69, 9.17) is 0 Å². The number of hydrogen-bond donors (Lipinski definition) is 0. The largest absolute Gasteiger partial charge is 0.0622 e. The summed E-state index contributed by atoms with van der Waals surface area (Å²) in [4.78, 5) is 0. The van der Waals surface area contributed by atoms with E-state index < -0.39 is 0 Å². The minimum absolute atomic E-state index is 0.892. The van der Waals surface area contributed by atoms with Gasteiger partial charge in [-0.1, -0.05) is 43.2 Å². The van der Waals surface area contributed by atoms with Gasteiger partial charge in [0.05, 0.1) is 0 Å². The summed E-state index contributed by atoms with van der Waals surface area (Å²) >= 11 is 0. The van der Waals surface area contributed by atoms with Crippen molar-refractivity contribution in [2.24, 2.45) is 11.8 Å². The third-order valence-corrected chi connectivity index (χ3v) is 4.28. The fourth-order valence-corrected chi connectivity index (χ4v) is 3.49. The Morgan fingerprint density at radius 1 is 0.857 bits per heavy atom. The molecule has 0 saturated heterocycles. The molecule has 0 aromatic heterocycles. The molecule has 0 N–H and O–H groups in total. The van der Waals surface area contributed by atoms with Gasteiger partial charge < -0.3 is 0 Å². The van der Waals surface area contributed by atoms with Gasteiger partial charge in [-0.3, -0.25) is 0 Å². The van der Waals surface area contributed by atoms with Gasteiger partial charge in [-0.25, -0.2) is 0 Å². The second-order valence-corrected chi connectivity index (χ2v) is 5.03. The van der Waals surface area contributed by atoms with Crippen molar-refractivity contribution in [3.05, 3.63) is 35.9 Å². The highest BCUT2D eigenvalue weighted by Crippen LogP contribution is 2.49. The SMILES string of the molecule is c1ccc(C2CC3CCC2CC3)cc1. The van der Waals surface area contributed by atoms with Crippen LogP contribution in [0.2, 0.25) is 0 Å². The van der Waals surface area contributed by atoms with Crippen LogP contribution < -0.4 is 0 Å². The van der Waals surface area contributed by atoms with Gasteiger partial charge >= 0.3 is 0 Å². The topological polar surface area (TPSA) is 0 Å². The second-order valence-electron chi connectivity index (χ2n) is 5.03. The predicted octanol–water partition coefficient (Wildman–Crippen LogP) is 3.98. The summed E-state index contributed by atoms with van der Waals surface area (Å²) in [6, 6.07) is 11.2. The van der Waals surface area contributed by atoms with E-state index >= 15 is 0 Å². The van der Waals surface area contributed by atoms with E-state index in [1.807, 2.05) is 0 Å². The minimum atomic E-state index is 0.892. The number of rotatable bonds is 1. The molecule has 2 bridgehead atoms. The summed E-state index contributed by atoms with van der Waals surface area (Å²) in [5.41, 5.74) is 1.60. The molecule has 0 spiro atoms. The third-order valence-electron chi connectivity index (χ3n) is 4.28. The molecular formula is C14H18. The van der Waals surface area contributed by atoms with Crippen LogP contribution in [0.25, 0.3) is 0 Å². The maximum Gasteiger partial charge on any atom is -0.0131 e. The van der Waals surface area contributed by atoms with Gasteiger partial charge in [0.25, 0.3) is 0 Å². The normalized spacial score (nSPS) is 35.9. The Hall–Kier alpha value is -0.780. The molecule has 0 radical (unpaired) electrons. The fourth-order valence-electron chi connectivity index (χ4n) is 3.49. The Labute approximate surface area is 86.3 Å². The molecule has 1 atom stereocenters. The van der Waals surface area contributed by atoms with Crippen LogP contribution in [-0.4, -0.2) is 0 Å². The summed E-state index contributed by atoms with van der Waals surface area (Å²) in [6.07, 6.45) is 7.46. The van der Waals surface area contributed by atoms with Crippen molar-refractivity contribution in [3.63, 3.8) is 0 Å². The maximum atomic E-state index is 2.32. The van der Waals surface area contributed by atoms with Crippen molar-refractivity contribution < 1.29 is 0 Å². The summed E-state index contributed by atoms with van der Waals surface area (Å²) < 4.78 is 0. The molecule has 3 fully saturated rings. The summed E-state index contributed by atoms with van der Waals surface area (Å²) in [5, 5.41) is 0. The van der Waals surface area contributed by atoms with Crippen molar-refractivity contribution >= 4 is 0 Å². The zero-order chi connectivity index (χ0) is 9.38. The molecule has 1 unspecified atom stereocenters. The van der Waals surface area contributed by atoms with Crippen molar-refractivity contribution in [3.8, 4) is 0 Å². The van der Waals surface area contributed by atoms with E-state index in [0.717, 1.165) is 17.8 Å². The van der Waals surface area contributed by atoms with Gasteiger partial charge in [-0.05, 0) is 42.6 Å². The van der Waals surface area contributed by atoms with Crippen LogP contribution in [-0.2, 0) is 0 Å². The van der Waals surface area contributed by atoms with Gasteiger partial charge in [0.15, 0.2) is 0 Å². The lowest BCUT2D eigenvalue weighted by Crippen LogP contribution is -2.29. The molecule has 3 aliphatic rings. The van der Waals surface area contributed by atoms with Gasteiger partial charge in [0.1, 0.15) is 0 Å². The summed E-state index contributed by atoms with van der Waals surface area (Å²) in [6.45, 7) is 0. The average Bonchev–Trinajstić information content (AvgIpc) is 2.32. The van der Waals surface area contributed by atoms with Crippen molar-refractivity contribution in [1.82, 2.24) is 0 Å². The van der Waals surface area contributed by atoms with E-state index in [1.54, 1.807) is 5.56 Å². The lowest BCUT2D eigenvalue weighted by atomic mass is 9.63. The molecule has 3 aliphatic carbocycles. The molecule has 0 aliphatic heterocycles. The molecule has 0 heterocycles. The molecule has 14 heavy (non-hydrogen) atoms. The monoisotopic (exact) mass is 186 g/mol. The summed E-state index contributed by atoms with van der Waals surface area (Å²) in [5.74, 6) is 2.94. The van der Waals surface area contributed by atoms with E-state index in [-0.39, 0.29) is 0 Å². The van der Waals surface area contributed by atoms with E-state index in [2.05, 4.69) is 30.3 Å². The zero-order valence-electron chi connectivity index (χ0n) is 8.65. The molecular weight excluding hydrogens is 168 g/mol. The molecule has 0 nitrogen and oxygen atoms in total. The molecule has 4 rings (SSSR count). The molecule has 1 aromatic rings. The molecule has 3 saturated carbocycles. The van der Waals surface area contributed by atoms with Crippen molar-refractivity contribution in [2.45, 2.75) is 38.0 Å². The van der Waals surface area contributed by atoms with Gasteiger partial charge in [0, 0.05) is 0 Å². The maximum absolute atomic E-state index is 2.32. The lowest BCUT2D eigenvalue weighted by Gasteiger charge is -2.42. The zero-order valence-corrected chi connectivity index (χ0v) is 8.65. The van der Waals surface area contributed by atoms with E-state index in [0.29, 0.717) is 0 Å². The Morgan fingerprint density at radius 2 is 1.57 bits per heavy atom. The first-order valence-corrected chi connectivity index (χ1v) is 5.98. The van der Waals surface area contributed by atoms with E-state index in [1.165, 1.54) is 32.1 Å². The predicted molar refractivity (Wildman–Crippen MR) is 59.2 cm³/mol. The van der Waals surface area contributed by atoms with Crippen LogP contribution in [0.5, 0.6) is 0 Å². The third kappa shape index (κ3) is 1.37. The molecule has 0 amide bonds.